The minimum absolute atomic E-state index is 0.0891. The molecule has 0 fully saturated rings. The Hall–Kier alpha value is -3.67. The van der Waals surface area contributed by atoms with Crippen LogP contribution in [0.4, 0.5) is 5.69 Å². The second kappa shape index (κ2) is 10.6. The van der Waals surface area contributed by atoms with E-state index < -0.39 is 5.92 Å². The molecule has 2 aliphatic carbocycles. The van der Waals surface area contributed by atoms with E-state index in [1.54, 1.807) is 0 Å². The highest BCUT2D eigenvalue weighted by Gasteiger charge is 2.49. The fourth-order valence-corrected chi connectivity index (χ4v) is 6.87. The van der Waals surface area contributed by atoms with Crippen molar-refractivity contribution in [2.24, 2.45) is 10.8 Å². The number of ether oxygens (including phenoxy) is 1. The summed E-state index contributed by atoms with van der Waals surface area (Å²) in [7, 11) is 0. The molecule has 0 saturated carbocycles. The van der Waals surface area contributed by atoms with Crippen LogP contribution in [0.2, 0.25) is 0 Å². The first-order valence-corrected chi connectivity index (χ1v) is 14.7. The molecule has 216 valence electrons. The number of carbonyl (C=O) groups excluding carboxylic acids is 3. The molecule has 0 radical (unpaired) electrons. The van der Waals surface area contributed by atoms with E-state index in [0.717, 1.165) is 46.6 Å². The van der Waals surface area contributed by atoms with Crippen LogP contribution in [-0.4, -0.2) is 35.5 Å². The Morgan fingerprint density at radius 3 is 2.05 bits per heavy atom. The third-order valence-corrected chi connectivity index (χ3v) is 8.58. The Morgan fingerprint density at radius 1 is 0.902 bits per heavy atom. The Labute approximate surface area is 243 Å². The van der Waals surface area contributed by atoms with Crippen molar-refractivity contribution in [2.45, 2.75) is 80.1 Å². The maximum absolute atomic E-state index is 13.9. The van der Waals surface area contributed by atoms with Crippen molar-refractivity contribution in [2.75, 3.05) is 18.5 Å². The molecule has 2 aromatic rings. The molecular formula is C35H42N2O4. The van der Waals surface area contributed by atoms with Crippen LogP contribution in [0.25, 0.3) is 0 Å². The second-order valence-electron chi connectivity index (χ2n) is 13.5. The monoisotopic (exact) mass is 554 g/mol. The number of allylic oxidation sites excluding steroid dienone is 4. The second-order valence-corrected chi connectivity index (χ2v) is 13.5. The first-order valence-electron chi connectivity index (χ1n) is 14.7. The van der Waals surface area contributed by atoms with E-state index in [4.69, 9.17) is 4.74 Å². The van der Waals surface area contributed by atoms with Gasteiger partial charge in [0, 0.05) is 59.1 Å². The van der Waals surface area contributed by atoms with Crippen LogP contribution in [-0.2, 0) is 14.4 Å². The molecule has 5 rings (SSSR count). The van der Waals surface area contributed by atoms with Gasteiger partial charge in [0.25, 0.3) is 5.91 Å². The zero-order chi connectivity index (χ0) is 29.7. The Bertz CT molecular complexity index is 1440. The van der Waals surface area contributed by atoms with Crippen LogP contribution in [0.3, 0.4) is 0 Å². The van der Waals surface area contributed by atoms with Crippen molar-refractivity contribution in [1.29, 1.82) is 0 Å². The summed E-state index contributed by atoms with van der Waals surface area (Å²) in [5.74, 6) is -0.0725. The zero-order valence-electron chi connectivity index (χ0n) is 25.4. The standard InChI is InChI=1S/C35H42N2O4/c1-8-37-25-16-34(4,5)18-27(38)32(25)31(33-26(37)17-35(6,7)19-28(33)39)23-11-9-10-12-29(23)41-20-30(40)36-24-14-13-21(2)15-22(24)3/h9-15,31H,8,16-20H2,1-7H3,(H,36,40). The van der Waals surface area contributed by atoms with Crippen molar-refractivity contribution in [3.8, 4) is 5.75 Å². The van der Waals surface area contributed by atoms with Crippen LogP contribution in [0.15, 0.2) is 65.0 Å². The summed E-state index contributed by atoms with van der Waals surface area (Å²) >= 11 is 0. The van der Waals surface area contributed by atoms with Gasteiger partial charge in [0.2, 0.25) is 0 Å². The molecule has 0 aromatic heterocycles. The molecule has 3 aliphatic rings. The number of hydrogen-bond acceptors (Lipinski definition) is 5. The first-order chi connectivity index (χ1) is 19.3. The summed E-state index contributed by atoms with van der Waals surface area (Å²) in [6.45, 7) is 15.2. The number of rotatable bonds is 6. The fraction of sp³-hybridized carbons (Fsp3) is 0.457. The molecular weight excluding hydrogens is 512 g/mol. The lowest BCUT2D eigenvalue weighted by Crippen LogP contribution is -2.44. The Balaban J connectivity index is 1.55. The maximum atomic E-state index is 13.9. The van der Waals surface area contributed by atoms with Crippen molar-refractivity contribution in [3.05, 3.63) is 81.7 Å². The molecule has 0 unspecified atom stereocenters. The van der Waals surface area contributed by atoms with Gasteiger partial charge in [0.15, 0.2) is 18.2 Å². The van der Waals surface area contributed by atoms with Gasteiger partial charge in [-0.25, -0.2) is 0 Å². The number of benzene rings is 2. The minimum Gasteiger partial charge on any atom is -0.483 e. The predicted molar refractivity (Wildman–Crippen MR) is 162 cm³/mol. The molecule has 2 aromatic carbocycles. The molecule has 41 heavy (non-hydrogen) atoms. The van der Waals surface area contributed by atoms with Gasteiger partial charge >= 0.3 is 0 Å². The van der Waals surface area contributed by atoms with Crippen molar-refractivity contribution < 1.29 is 19.1 Å². The van der Waals surface area contributed by atoms with Crippen LogP contribution in [0.1, 0.15) is 82.9 Å². The van der Waals surface area contributed by atoms with Crippen LogP contribution < -0.4 is 10.1 Å². The number of nitrogens with one attached hydrogen (secondary N) is 1. The number of amides is 1. The van der Waals surface area contributed by atoms with E-state index in [-0.39, 0.29) is 34.9 Å². The van der Waals surface area contributed by atoms with Crippen LogP contribution in [0, 0.1) is 24.7 Å². The van der Waals surface area contributed by atoms with E-state index in [2.05, 4.69) is 44.8 Å². The number of Topliss-reactive ketones (excluding diaryl/α,β-unsaturated/α-hetero) is 2. The highest BCUT2D eigenvalue weighted by atomic mass is 16.5. The van der Waals surface area contributed by atoms with Gasteiger partial charge in [-0.1, -0.05) is 63.6 Å². The van der Waals surface area contributed by atoms with Gasteiger partial charge in [-0.2, -0.15) is 0 Å². The lowest BCUT2D eigenvalue weighted by Gasteiger charge is -2.49. The Morgan fingerprint density at radius 2 is 1.49 bits per heavy atom. The van der Waals surface area contributed by atoms with Gasteiger partial charge in [-0.3, -0.25) is 14.4 Å². The highest BCUT2D eigenvalue weighted by Crippen LogP contribution is 2.55. The van der Waals surface area contributed by atoms with Crippen molar-refractivity contribution in [3.63, 3.8) is 0 Å². The van der Waals surface area contributed by atoms with Crippen LogP contribution >= 0.6 is 0 Å². The van der Waals surface area contributed by atoms with Crippen LogP contribution in [0.5, 0.6) is 5.75 Å². The topological polar surface area (TPSA) is 75.7 Å². The minimum atomic E-state index is -0.506. The van der Waals surface area contributed by atoms with E-state index >= 15 is 0 Å². The molecule has 0 spiro atoms. The summed E-state index contributed by atoms with van der Waals surface area (Å²) in [5, 5.41) is 2.95. The molecule has 0 saturated heterocycles. The summed E-state index contributed by atoms with van der Waals surface area (Å²) in [6.07, 6.45) is 2.41. The molecule has 1 N–H and O–H groups in total. The van der Waals surface area contributed by atoms with Gasteiger partial charge in [-0.05, 0) is 62.1 Å². The zero-order valence-corrected chi connectivity index (χ0v) is 25.4. The van der Waals surface area contributed by atoms with E-state index in [9.17, 15) is 14.4 Å². The fourth-order valence-electron chi connectivity index (χ4n) is 6.87. The van der Waals surface area contributed by atoms with E-state index in [1.807, 2.05) is 56.3 Å². The predicted octanol–water partition coefficient (Wildman–Crippen LogP) is 7.03. The third kappa shape index (κ3) is 5.61. The SMILES string of the molecule is CCN1C2=C(C(=O)CC(C)(C)C2)C(c2ccccc2OCC(=O)Nc2ccc(C)cc2C)C2=C1CC(C)(C)CC2=O. The molecule has 0 bridgehead atoms. The van der Waals surface area contributed by atoms with Crippen molar-refractivity contribution in [1.82, 2.24) is 4.90 Å². The number of hydrogen-bond donors (Lipinski definition) is 1. The quantitative estimate of drug-likeness (QED) is 0.415. The number of carbonyl (C=O) groups is 3. The molecule has 6 heteroatoms. The summed E-state index contributed by atoms with van der Waals surface area (Å²) in [6, 6.07) is 13.4. The molecule has 1 aliphatic heterocycles. The average molecular weight is 555 g/mol. The maximum Gasteiger partial charge on any atom is 0.262 e. The summed E-state index contributed by atoms with van der Waals surface area (Å²) in [5.41, 5.74) is 6.80. The number of nitrogens with zero attached hydrogens (tertiary/aromatic N) is 1. The van der Waals surface area contributed by atoms with Gasteiger partial charge in [0.05, 0.1) is 0 Å². The molecule has 1 amide bonds. The number of ketones is 2. The summed E-state index contributed by atoms with van der Waals surface area (Å²) in [4.78, 5) is 43.0. The molecule has 6 nitrogen and oxygen atoms in total. The van der Waals surface area contributed by atoms with E-state index in [0.29, 0.717) is 36.3 Å². The largest absolute Gasteiger partial charge is 0.483 e. The highest BCUT2D eigenvalue weighted by molar-refractivity contribution is 6.07. The lowest BCUT2D eigenvalue weighted by molar-refractivity contribution is -0.120. The Kier molecular flexibility index (Phi) is 7.47. The number of aryl methyl sites for hydroxylation is 2. The normalized spacial score (nSPS) is 20.1. The van der Waals surface area contributed by atoms with Gasteiger partial charge < -0.3 is 15.0 Å². The average Bonchev–Trinajstić information content (AvgIpc) is 2.87. The molecule has 0 atom stereocenters. The van der Waals surface area contributed by atoms with E-state index in [1.165, 1.54) is 0 Å². The van der Waals surface area contributed by atoms with Gasteiger partial charge in [-0.15, -0.1) is 0 Å². The van der Waals surface area contributed by atoms with Crippen molar-refractivity contribution >= 4 is 23.2 Å². The number of para-hydroxylation sites is 1. The summed E-state index contributed by atoms with van der Waals surface area (Å²) < 4.78 is 6.16. The number of anilines is 1. The third-order valence-electron chi connectivity index (χ3n) is 8.58. The van der Waals surface area contributed by atoms with Gasteiger partial charge in [0.1, 0.15) is 5.75 Å². The molecule has 1 heterocycles. The lowest BCUT2D eigenvalue weighted by atomic mass is 9.63. The first kappa shape index (κ1) is 28.8. The smallest absolute Gasteiger partial charge is 0.262 e.